The Morgan fingerprint density at radius 2 is 2.05 bits per heavy atom. The molecule has 2 N–H and O–H groups in total. The van der Waals surface area contributed by atoms with Crippen LogP contribution in [0.1, 0.15) is 24.8 Å². The molecule has 0 amide bonds. The van der Waals surface area contributed by atoms with E-state index in [0.29, 0.717) is 24.5 Å². The van der Waals surface area contributed by atoms with Crippen molar-refractivity contribution in [2.45, 2.75) is 24.2 Å². The molecule has 1 aliphatic rings. The first-order chi connectivity index (χ1) is 10.4. The molecule has 1 fully saturated rings. The number of rotatable bonds is 5. The van der Waals surface area contributed by atoms with Crippen molar-refractivity contribution in [3.05, 3.63) is 29.3 Å². The lowest BCUT2D eigenvalue weighted by Crippen LogP contribution is -2.33. The number of halogens is 2. The first-order valence-corrected chi connectivity index (χ1v) is 8.52. The summed E-state index contributed by atoms with van der Waals surface area (Å²) >= 11 is 0. The monoisotopic (exact) mass is 329 g/mol. The number of nitrogens with one attached hydrogen (secondary N) is 2. The highest BCUT2D eigenvalue weighted by molar-refractivity contribution is 7.89. The van der Waals surface area contributed by atoms with Crippen molar-refractivity contribution < 1.29 is 17.2 Å². The second-order valence-electron chi connectivity index (χ2n) is 5.28. The Morgan fingerprint density at radius 1 is 1.36 bits per heavy atom. The predicted molar refractivity (Wildman–Crippen MR) is 76.5 cm³/mol. The Balaban J connectivity index is 2.05. The lowest BCUT2D eigenvalue weighted by molar-refractivity contribution is 0.358. The fraction of sp³-hybridized carbons (Fsp3) is 0.500. The van der Waals surface area contributed by atoms with Gasteiger partial charge in [0.25, 0.3) is 0 Å². The minimum atomic E-state index is -4.28. The van der Waals surface area contributed by atoms with Gasteiger partial charge in [-0.25, -0.2) is 21.9 Å². The summed E-state index contributed by atoms with van der Waals surface area (Å²) in [5.74, 6) is -2.17. The van der Waals surface area contributed by atoms with Crippen LogP contribution in [-0.4, -0.2) is 28.1 Å². The highest BCUT2D eigenvalue weighted by Gasteiger charge is 2.25. The first-order valence-electron chi connectivity index (χ1n) is 7.03. The quantitative estimate of drug-likeness (QED) is 0.858. The van der Waals surface area contributed by atoms with Crippen LogP contribution in [0.3, 0.4) is 0 Å². The third kappa shape index (κ3) is 4.00. The summed E-state index contributed by atoms with van der Waals surface area (Å²) in [6.07, 6.45) is 2.65. The van der Waals surface area contributed by atoms with Crippen LogP contribution in [0.15, 0.2) is 17.0 Å². The van der Waals surface area contributed by atoms with Crippen molar-refractivity contribution in [1.82, 2.24) is 10.0 Å². The zero-order valence-electron chi connectivity index (χ0n) is 11.9. The number of nitriles is 1. The number of benzene rings is 1. The van der Waals surface area contributed by atoms with Crippen molar-refractivity contribution in [2.75, 3.05) is 19.6 Å². The van der Waals surface area contributed by atoms with Gasteiger partial charge in [0.2, 0.25) is 10.0 Å². The molecular formula is C14H17F2N3O2S. The average molecular weight is 329 g/mol. The minimum Gasteiger partial charge on any atom is -0.316 e. The number of piperidine rings is 1. The van der Waals surface area contributed by atoms with Gasteiger partial charge in [0.1, 0.15) is 11.6 Å². The maximum Gasteiger partial charge on any atom is 0.246 e. The lowest BCUT2D eigenvalue weighted by Gasteiger charge is -2.22. The maximum atomic E-state index is 13.8. The molecule has 0 radical (unpaired) electrons. The van der Waals surface area contributed by atoms with Crippen LogP contribution in [0.2, 0.25) is 0 Å². The molecular weight excluding hydrogens is 312 g/mol. The number of nitrogens with zero attached hydrogens (tertiary/aromatic N) is 1. The molecule has 0 bridgehead atoms. The molecule has 120 valence electrons. The Hall–Kier alpha value is -1.56. The molecule has 0 aromatic heterocycles. The van der Waals surface area contributed by atoms with Gasteiger partial charge < -0.3 is 5.32 Å². The van der Waals surface area contributed by atoms with E-state index >= 15 is 0 Å². The molecule has 1 atom stereocenters. The molecule has 1 aliphatic heterocycles. The van der Waals surface area contributed by atoms with Gasteiger partial charge in [0.15, 0.2) is 4.90 Å². The Morgan fingerprint density at radius 3 is 2.59 bits per heavy atom. The van der Waals surface area contributed by atoms with Gasteiger partial charge in [-0.3, -0.25) is 0 Å². The van der Waals surface area contributed by atoms with E-state index in [-0.39, 0.29) is 12.1 Å². The van der Waals surface area contributed by atoms with Crippen LogP contribution in [0, 0.1) is 28.9 Å². The lowest BCUT2D eigenvalue weighted by atomic mass is 9.96. The normalized spacial score (nSPS) is 18.9. The van der Waals surface area contributed by atoms with Gasteiger partial charge in [0, 0.05) is 6.54 Å². The topological polar surface area (TPSA) is 82.0 Å². The number of hydrogen-bond acceptors (Lipinski definition) is 4. The zero-order valence-corrected chi connectivity index (χ0v) is 12.7. The summed E-state index contributed by atoms with van der Waals surface area (Å²) in [6, 6.07) is 2.99. The number of sulfonamides is 1. The molecule has 1 aromatic rings. The van der Waals surface area contributed by atoms with Crippen molar-refractivity contribution >= 4 is 10.0 Å². The zero-order chi connectivity index (χ0) is 16.2. The van der Waals surface area contributed by atoms with E-state index in [4.69, 9.17) is 5.26 Å². The molecule has 1 heterocycles. The largest absolute Gasteiger partial charge is 0.316 e. The van der Waals surface area contributed by atoms with Crippen molar-refractivity contribution in [3.8, 4) is 6.07 Å². The molecule has 22 heavy (non-hydrogen) atoms. The van der Waals surface area contributed by atoms with Gasteiger partial charge in [-0.1, -0.05) is 0 Å². The van der Waals surface area contributed by atoms with E-state index in [9.17, 15) is 17.2 Å². The Bertz CT molecular complexity index is 657. The smallest absolute Gasteiger partial charge is 0.246 e. The van der Waals surface area contributed by atoms with Gasteiger partial charge >= 0.3 is 0 Å². The first kappa shape index (κ1) is 16.8. The Labute approximate surface area is 128 Å². The van der Waals surface area contributed by atoms with E-state index < -0.39 is 26.6 Å². The standard InChI is InChI=1S/C14H17F2N3O2S/c15-12-6-11(8-17)7-13(16)14(12)22(20,21)19-5-3-10-2-1-4-18-9-10/h6-7,10,18-19H,1-5,9H2/t10-/m1/s1. The Kier molecular flexibility index (Phi) is 5.45. The predicted octanol–water partition coefficient (Wildman–Crippen LogP) is 1.50. The van der Waals surface area contributed by atoms with Crippen LogP contribution < -0.4 is 10.0 Å². The molecule has 0 saturated carbocycles. The highest BCUT2D eigenvalue weighted by Crippen LogP contribution is 2.21. The van der Waals surface area contributed by atoms with Crippen molar-refractivity contribution in [3.63, 3.8) is 0 Å². The third-order valence-electron chi connectivity index (χ3n) is 3.64. The third-order valence-corrected chi connectivity index (χ3v) is 5.15. The molecule has 0 unspecified atom stereocenters. The van der Waals surface area contributed by atoms with Gasteiger partial charge in [-0.15, -0.1) is 0 Å². The number of hydrogen-bond donors (Lipinski definition) is 2. The maximum absolute atomic E-state index is 13.8. The SMILES string of the molecule is N#Cc1cc(F)c(S(=O)(=O)NCC[C@H]2CCCNC2)c(F)c1. The van der Waals surface area contributed by atoms with Gasteiger partial charge in [-0.05, 0) is 50.4 Å². The summed E-state index contributed by atoms with van der Waals surface area (Å²) in [6.45, 7) is 1.90. The van der Waals surface area contributed by atoms with E-state index in [0.717, 1.165) is 25.9 Å². The van der Waals surface area contributed by atoms with E-state index in [2.05, 4.69) is 10.0 Å². The van der Waals surface area contributed by atoms with E-state index in [1.54, 1.807) is 6.07 Å². The van der Waals surface area contributed by atoms with Gasteiger partial charge in [-0.2, -0.15) is 5.26 Å². The van der Waals surface area contributed by atoms with Crippen LogP contribution in [0.4, 0.5) is 8.78 Å². The molecule has 8 heteroatoms. The summed E-state index contributed by atoms with van der Waals surface area (Å²) < 4.78 is 53.8. The molecule has 1 saturated heterocycles. The summed E-state index contributed by atoms with van der Waals surface area (Å²) in [5, 5.41) is 11.8. The van der Waals surface area contributed by atoms with Crippen LogP contribution in [0.25, 0.3) is 0 Å². The van der Waals surface area contributed by atoms with Crippen LogP contribution >= 0.6 is 0 Å². The molecule has 5 nitrogen and oxygen atoms in total. The molecule has 0 spiro atoms. The molecule has 0 aliphatic carbocycles. The second kappa shape index (κ2) is 7.13. The highest BCUT2D eigenvalue weighted by atomic mass is 32.2. The van der Waals surface area contributed by atoms with E-state index in [1.807, 2.05) is 0 Å². The van der Waals surface area contributed by atoms with Crippen molar-refractivity contribution in [1.29, 1.82) is 5.26 Å². The molecule has 2 rings (SSSR count). The van der Waals surface area contributed by atoms with Crippen LogP contribution in [-0.2, 0) is 10.0 Å². The fourth-order valence-electron chi connectivity index (χ4n) is 2.52. The fourth-order valence-corrected chi connectivity index (χ4v) is 3.68. The molecule has 1 aromatic carbocycles. The minimum absolute atomic E-state index is 0.119. The average Bonchev–Trinajstić information content (AvgIpc) is 2.47. The summed E-state index contributed by atoms with van der Waals surface area (Å²) in [7, 11) is -4.28. The summed E-state index contributed by atoms with van der Waals surface area (Å²) in [4.78, 5) is -1.03. The van der Waals surface area contributed by atoms with E-state index in [1.165, 1.54) is 0 Å². The van der Waals surface area contributed by atoms with Crippen molar-refractivity contribution in [2.24, 2.45) is 5.92 Å². The summed E-state index contributed by atoms with van der Waals surface area (Å²) in [5.41, 5.74) is -0.262. The second-order valence-corrected chi connectivity index (χ2v) is 6.98. The van der Waals surface area contributed by atoms with Crippen LogP contribution in [0.5, 0.6) is 0 Å². The van der Waals surface area contributed by atoms with Gasteiger partial charge in [0.05, 0.1) is 11.6 Å².